The van der Waals surface area contributed by atoms with Gasteiger partial charge in [-0.2, -0.15) is 18.2 Å². The number of hydrogen-bond donors (Lipinski definition) is 1. The zero-order valence-electron chi connectivity index (χ0n) is 15.1. The summed E-state index contributed by atoms with van der Waals surface area (Å²) in [6.07, 6.45) is -0.980. The Balaban J connectivity index is 1.60. The minimum Gasteiger partial charge on any atom is -0.465 e. The van der Waals surface area contributed by atoms with Gasteiger partial charge in [-0.25, -0.2) is 4.79 Å². The number of amides is 1. The molecular formula is C19H20F3N3O3. The fourth-order valence-electron chi connectivity index (χ4n) is 3.70. The quantitative estimate of drug-likeness (QED) is 0.778. The van der Waals surface area contributed by atoms with Gasteiger partial charge in [-0.05, 0) is 43.2 Å². The number of aromatic nitrogens is 2. The first-order valence-electron chi connectivity index (χ1n) is 9.36. The summed E-state index contributed by atoms with van der Waals surface area (Å²) in [6, 6.07) is 3.55. The molecule has 1 N–H and O–H groups in total. The maximum atomic E-state index is 13.5. The molecule has 1 amide bonds. The zero-order valence-corrected chi connectivity index (χ0v) is 15.1. The van der Waals surface area contributed by atoms with E-state index in [1.54, 1.807) is 6.07 Å². The van der Waals surface area contributed by atoms with Crippen LogP contribution in [-0.4, -0.2) is 32.8 Å². The first-order valence-corrected chi connectivity index (χ1v) is 9.36. The maximum Gasteiger partial charge on any atom is 0.416 e. The predicted molar refractivity (Wildman–Crippen MR) is 92.5 cm³/mol. The number of alkyl halides is 3. The molecule has 9 heteroatoms. The van der Waals surface area contributed by atoms with Gasteiger partial charge in [0.2, 0.25) is 11.7 Å². The smallest absolute Gasteiger partial charge is 0.416 e. The second-order valence-electron chi connectivity index (χ2n) is 7.44. The van der Waals surface area contributed by atoms with E-state index in [9.17, 15) is 23.1 Å². The van der Waals surface area contributed by atoms with Gasteiger partial charge in [-0.15, -0.1) is 0 Å². The average molecular weight is 395 g/mol. The third-order valence-corrected chi connectivity index (χ3v) is 5.42. The summed E-state index contributed by atoms with van der Waals surface area (Å²) in [7, 11) is 0. The largest absolute Gasteiger partial charge is 0.465 e. The van der Waals surface area contributed by atoms with Gasteiger partial charge in [-0.3, -0.25) is 4.90 Å². The molecule has 1 aromatic carbocycles. The Morgan fingerprint density at radius 3 is 2.75 bits per heavy atom. The van der Waals surface area contributed by atoms with Crippen LogP contribution >= 0.6 is 0 Å². The van der Waals surface area contributed by atoms with Crippen LogP contribution in [-0.2, 0) is 12.6 Å². The van der Waals surface area contributed by atoms with Crippen LogP contribution in [0.15, 0.2) is 22.7 Å². The third kappa shape index (κ3) is 3.83. The van der Waals surface area contributed by atoms with Crippen LogP contribution in [0.5, 0.6) is 0 Å². The van der Waals surface area contributed by atoms with Crippen molar-refractivity contribution in [2.24, 2.45) is 5.92 Å². The number of aryl methyl sites for hydroxylation is 1. The Bertz CT molecular complexity index is 877. The SMILES string of the molecule is O=C(O)N1CCC[C@H]1c1nc(-c2ccc(CCC3CC3)c(C(F)(F)F)c2)no1. The van der Waals surface area contributed by atoms with E-state index < -0.39 is 23.9 Å². The van der Waals surface area contributed by atoms with Crippen LogP contribution in [0.2, 0.25) is 0 Å². The van der Waals surface area contributed by atoms with Gasteiger partial charge >= 0.3 is 12.3 Å². The molecule has 0 spiro atoms. The molecule has 0 unspecified atom stereocenters. The molecule has 28 heavy (non-hydrogen) atoms. The molecule has 2 aromatic rings. The van der Waals surface area contributed by atoms with E-state index in [-0.39, 0.29) is 22.8 Å². The van der Waals surface area contributed by atoms with E-state index in [4.69, 9.17) is 4.52 Å². The Hall–Kier alpha value is -2.58. The van der Waals surface area contributed by atoms with Crippen molar-refractivity contribution in [3.8, 4) is 11.4 Å². The van der Waals surface area contributed by atoms with Crippen molar-refractivity contribution in [1.82, 2.24) is 15.0 Å². The highest BCUT2D eigenvalue weighted by Crippen LogP contribution is 2.39. The van der Waals surface area contributed by atoms with Crippen LogP contribution in [0.3, 0.4) is 0 Å². The van der Waals surface area contributed by atoms with Crippen molar-refractivity contribution in [3.63, 3.8) is 0 Å². The topological polar surface area (TPSA) is 79.5 Å². The second kappa shape index (κ2) is 7.10. The Labute approximate surface area is 159 Å². The third-order valence-electron chi connectivity index (χ3n) is 5.42. The van der Waals surface area contributed by atoms with Gasteiger partial charge in [0.25, 0.3) is 0 Å². The fraction of sp³-hybridized carbons (Fsp3) is 0.526. The molecule has 0 radical (unpaired) electrons. The molecule has 1 aliphatic heterocycles. The molecule has 1 atom stereocenters. The molecule has 1 saturated heterocycles. The predicted octanol–water partition coefficient (Wildman–Crippen LogP) is 4.91. The number of nitrogens with zero attached hydrogens (tertiary/aromatic N) is 3. The number of carboxylic acid groups (broad SMARTS) is 1. The molecule has 4 rings (SSSR count). The molecule has 1 aromatic heterocycles. The molecule has 6 nitrogen and oxygen atoms in total. The molecule has 2 heterocycles. The summed E-state index contributed by atoms with van der Waals surface area (Å²) in [4.78, 5) is 16.7. The van der Waals surface area contributed by atoms with E-state index in [0.717, 1.165) is 25.3 Å². The lowest BCUT2D eigenvalue weighted by molar-refractivity contribution is -0.138. The molecule has 150 valence electrons. The minimum atomic E-state index is -4.47. The summed E-state index contributed by atoms with van der Waals surface area (Å²) in [5.74, 6) is 0.692. The van der Waals surface area contributed by atoms with E-state index in [1.165, 1.54) is 11.0 Å². The number of hydrogen-bond acceptors (Lipinski definition) is 4. The summed E-state index contributed by atoms with van der Waals surface area (Å²) in [5, 5.41) is 13.0. The van der Waals surface area contributed by atoms with E-state index >= 15 is 0 Å². The Morgan fingerprint density at radius 1 is 1.29 bits per heavy atom. The normalized spacial score (nSPS) is 20.0. The summed E-state index contributed by atoms with van der Waals surface area (Å²) < 4.78 is 45.8. The highest BCUT2D eigenvalue weighted by atomic mass is 19.4. The highest BCUT2D eigenvalue weighted by Gasteiger charge is 2.36. The van der Waals surface area contributed by atoms with Crippen molar-refractivity contribution in [2.45, 2.75) is 50.7 Å². The number of rotatable bonds is 5. The highest BCUT2D eigenvalue weighted by molar-refractivity contribution is 5.66. The van der Waals surface area contributed by atoms with Gasteiger partial charge < -0.3 is 9.63 Å². The lowest BCUT2D eigenvalue weighted by Crippen LogP contribution is -2.28. The van der Waals surface area contributed by atoms with E-state index in [0.29, 0.717) is 31.7 Å². The van der Waals surface area contributed by atoms with Gasteiger partial charge in [-0.1, -0.05) is 30.1 Å². The molecule has 2 aliphatic rings. The van der Waals surface area contributed by atoms with Gasteiger partial charge in [0.1, 0.15) is 6.04 Å². The van der Waals surface area contributed by atoms with Crippen molar-refractivity contribution in [3.05, 3.63) is 35.2 Å². The zero-order chi connectivity index (χ0) is 19.9. The molecule has 0 bridgehead atoms. The van der Waals surface area contributed by atoms with Crippen LogP contribution in [0.1, 0.15) is 55.2 Å². The van der Waals surface area contributed by atoms with E-state index in [2.05, 4.69) is 10.1 Å². The van der Waals surface area contributed by atoms with Gasteiger partial charge in [0, 0.05) is 12.1 Å². The van der Waals surface area contributed by atoms with Crippen LogP contribution < -0.4 is 0 Å². The number of halogens is 3. The summed E-state index contributed by atoms with van der Waals surface area (Å²) in [6.45, 7) is 0.367. The van der Waals surface area contributed by atoms with Crippen LogP contribution in [0, 0.1) is 5.92 Å². The molecular weight excluding hydrogens is 375 g/mol. The molecule has 1 aliphatic carbocycles. The molecule has 2 fully saturated rings. The number of benzene rings is 1. The Morgan fingerprint density at radius 2 is 2.07 bits per heavy atom. The van der Waals surface area contributed by atoms with Gasteiger partial charge in [0.15, 0.2) is 0 Å². The standard InChI is InChI=1S/C19H20F3N3O3/c20-19(21,22)14-10-13(8-7-12(14)6-5-11-3-4-11)16-23-17(28-24-16)15-2-1-9-25(15)18(26)27/h7-8,10-11,15H,1-6,9H2,(H,26,27)/t15-/m0/s1. The van der Waals surface area contributed by atoms with Crippen molar-refractivity contribution >= 4 is 6.09 Å². The second-order valence-corrected chi connectivity index (χ2v) is 7.44. The lowest BCUT2D eigenvalue weighted by atomic mass is 9.98. The first-order chi connectivity index (χ1) is 13.3. The fourth-order valence-corrected chi connectivity index (χ4v) is 3.70. The number of carbonyl (C=O) groups is 1. The number of likely N-dealkylation sites (tertiary alicyclic amines) is 1. The lowest BCUT2D eigenvalue weighted by Gasteiger charge is -2.17. The van der Waals surface area contributed by atoms with Crippen LogP contribution in [0.25, 0.3) is 11.4 Å². The minimum absolute atomic E-state index is 0.0338. The Kier molecular flexibility index (Phi) is 4.76. The van der Waals surface area contributed by atoms with E-state index in [1.807, 2.05) is 0 Å². The monoisotopic (exact) mass is 395 g/mol. The summed E-state index contributed by atoms with van der Waals surface area (Å²) in [5.41, 5.74) is -0.192. The first kappa shape index (κ1) is 18.8. The average Bonchev–Trinajstić information content (AvgIpc) is 3.13. The van der Waals surface area contributed by atoms with Crippen molar-refractivity contribution in [1.29, 1.82) is 0 Å². The summed E-state index contributed by atoms with van der Waals surface area (Å²) >= 11 is 0. The van der Waals surface area contributed by atoms with Gasteiger partial charge in [0.05, 0.1) is 5.56 Å². The molecule has 1 saturated carbocycles. The van der Waals surface area contributed by atoms with Crippen molar-refractivity contribution in [2.75, 3.05) is 6.54 Å². The van der Waals surface area contributed by atoms with Crippen LogP contribution in [0.4, 0.5) is 18.0 Å². The van der Waals surface area contributed by atoms with Crippen molar-refractivity contribution < 1.29 is 27.6 Å². The maximum absolute atomic E-state index is 13.5.